The molecule has 0 N–H and O–H groups in total. The van der Waals surface area contributed by atoms with Gasteiger partial charge in [0, 0.05) is 15.4 Å². The van der Waals surface area contributed by atoms with Gasteiger partial charge in [0.25, 0.3) is 0 Å². The highest BCUT2D eigenvalue weighted by Crippen LogP contribution is 2.44. The molecule has 3 heteroatoms. The third-order valence-electron chi connectivity index (χ3n) is 3.70. The maximum absolute atomic E-state index is 9.23. The SMILES string of the molecule is Cc1ccc(C2=CC(=C(C#N)C#N)C=C(c3ccccc3)S2)cc1. The van der Waals surface area contributed by atoms with Gasteiger partial charge in [0.05, 0.1) is 0 Å². The summed E-state index contributed by atoms with van der Waals surface area (Å²) in [6.45, 7) is 2.05. The van der Waals surface area contributed by atoms with Crippen molar-refractivity contribution in [1.29, 1.82) is 10.5 Å². The fourth-order valence-corrected chi connectivity index (χ4v) is 3.52. The summed E-state index contributed by atoms with van der Waals surface area (Å²) in [6.07, 6.45) is 3.84. The third kappa shape index (κ3) is 3.33. The Morgan fingerprint density at radius 1 is 0.792 bits per heavy atom. The molecule has 0 bridgehead atoms. The Kier molecular flexibility index (Phi) is 4.66. The molecule has 0 atom stereocenters. The first kappa shape index (κ1) is 15.9. The number of aryl methyl sites for hydroxylation is 1. The van der Waals surface area contributed by atoms with Crippen molar-refractivity contribution >= 4 is 21.6 Å². The second-order valence-electron chi connectivity index (χ2n) is 5.41. The van der Waals surface area contributed by atoms with Crippen molar-refractivity contribution in [3.8, 4) is 12.1 Å². The molecule has 1 aliphatic heterocycles. The monoisotopic (exact) mass is 326 g/mol. The zero-order valence-corrected chi connectivity index (χ0v) is 14.0. The topological polar surface area (TPSA) is 47.6 Å². The molecule has 0 saturated heterocycles. The molecule has 0 aliphatic carbocycles. The average Bonchev–Trinajstić information content (AvgIpc) is 2.64. The maximum Gasteiger partial charge on any atom is 0.136 e. The van der Waals surface area contributed by atoms with Gasteiger partial charge in [-0.1, -0.05) is 71.9 Å². The standard InChI is InChI=1S/C21H14N2S/c1-15-7-9-17(10-8-15)21-12-18(19(13-22)14-23)11-20(24-21)16-5-3-2-4-6-16/h2-12H,1H3. The number of hydrogen-bond acceptors (Lipinski definition) is 3. The van der Waals surface area contributed by atoms with Crippen molar-refractivity contribution in [1.82, 2.24) is 0 Å². The molecule has 2 nitrogen and oxygen atoms in total. The normalized spacial score (nSPS) is 13.4. The molecule has 24 heavy (non-hydrogen) atoms. The minimum Gasteiger partial charge on any atom is -0.192 e. The van der Waals surface area contributed by atoms with Crippen LogP contribution in [0.2, 0.25) is 0 Å². The molecule has 3 rings (SSSR count). The van der Waals surface area contributed by atoms with E-state index in [2.05, 4.69) is 31.2 Å². The van der Waals surface area contributed by atoms with E-state index in [9.17, 15) is 10.5 Å². The zero-order chi connectivity index (χ0) is 16.9. The van der Waals surface area contributed by atoms with E-state index in [1.54, 1.807) is 11.8 Å². The number of nitrogens with zero attached hydrogens (tertiary/aromatic N) is 2. The summed E-state index contributed by atoms with van der Waals surface area (Å²) in [5.74, 6) is 0. The Hall–Kier alpha value is -3.01. The molecule has 1 heterocycles. The van der Waals surface area contributed by atoms with E-state index in [0.29, 0.717) is 5.57 Å². The lowest BCUT2D eigenvalue weighted by Gasteiger charge is -2.17. The Morgan fingerprint density at radius 2 is 1.33 bits per heavy atom. The highest BCUT2D eigenvalue weighted by molar-refractivity contribution is 8.16. The molecule has 0 amide bonds. The van der Waals surface area contributed by atoms with Crippen LogP contribution in [0.1, 0.15) is 16.7 Å². The van der Waals surface area contributed by atoms with Crippen LogP contribution >= 0.6 is 11.8 Å². The smallest absolute Gasteiger partial charge is 0.136 e. The fourth-order valence-electron chi connectivity index (χ4n) is 2.40. The van der Waals surface area contributed by atoms with E-state index in [1.165, 1.54) is 5.56 Å². The van der Waals surface area contributed by atoms with Crippen LogP contribution in [0.5, 0.6) is 0 Å². The Bertz CT molecular complexity index is 918. The van der Waals surface area contributed by atoms with Crippen LogP contribution in [-0.4, -0.2) is 0 Å². The average molecular weight is 326 g/mol. The minimum atomic E-state index is 0.133. The van der Waals surface area contributed by atoms with E-state index >= 15 is 0 Å². The maximum atomic E-state index is 9.23. The van der Waals surface area contributed by atoms with E-state index in [0.717, 1.165) is 20.9 Å². The van der Waals surface area contributed by atoms with Gasteiger partial charge in [0.1, 0.15) is 17.7 Å². The first-order chi connectivity index (χ1) is 11.7. The molecule has 1 aliphatic rings. The summed E-state index contributed by atoms with van der Waals surface area (Å²) in [5.41, 5.74) is 4.15. The fraction of sp³-hybridized carbons (Fsp3) is 0.0476. The van der Waals surface area contributed by atoms with Crippen LogP contribution in [-0.2, 0) is 0 Å². The quantitative estimate of drug-likeness (QED) is 0.688. The first-order valence-corrected chi connectivity index (χ1v) is 8.31. The molecule has 0 fully saturated rings. The number of hydrogen-bond donors (Lipinski definition) is 0. The van der Waals surface area contributed by atoms with Gasteiger partial charge in [-0.15, -0.1) is 0 Å². The minimum absolute atomic E-state index is 0.133. The number of rotatable bonds is 2. The van der Waals surface area contributed by atoms with Crippen molar-refractivity contribution in [3.05, 3.63) is 94.6 Å². The highest BCUT2D eigenvalue weighted by Gasteiger charge is 2.16. The predicted molar refractivity (Wildman–Crippen MR) is 99.4 cm³/mol. The van der Waals surface area contributed by atoms with Crippen molar-refractivity contribution in [2.24, 2.45) is 0 Å². The molecular weight excluding hydrogens is 312 g/mol. The second kappa shape index (κ2) is 7.04. The molecule has 0 aromatic heterocycles. The summed E-state index contributed by atoms with van der Waals surface area (Å²) < 4.78 is 0. The van der Waals surface area contributed by atoms with Gasteiger partial charge >= 0.3 is 0 Å². The molecule has 2 aromatic carbocycles. The van der Waals surface area contributed by atoms with Gasteiger partial charge in [0.2, 0.25) is 0 Å². The van der Waals surface area contributed by atoms with E-state index in [-0.39, 0.29) is 5.57 Å². The Morgan fingerprint density at radius 3 is 1.88 bits per heavy atom. The van der Waals surface area contributed by atoms with Crippen molar-refractivity contribution in [2.75, 3.05) is 0 Å². The van der Waals surface area contributed by atoms with Gasteiger partial charge in [0.15, 0.2) is 0 Å². The van der Waals surface area contributed by atoms with Crippen LogP contribution in [0.3, 0.4) is 0 Å². The largest absolute Gasteiger partial charge is 0.192 e. The van der Waals surface area contributed by atoms with Crippen LogP contribution in [0.4, 0.5) is 0 Å². The molecular formula is C21H14N2S. The van der Waals surface area contributed by atoms with Crippen LogP contribution < -0.4 is 0 Å². The number of thioether (sulfide) groups is 1. The molecule has 114 valence electrons. The highest BCUT2D eigenvalue weighted by atomic mass is 32.2. The van der Waals surface area contributed by atoms with Gasteiger partial charge in [-0.3, -0.25) is 0 Å². The van der Waals surface area contributed by atoms with Crippen molar-refractivity contribution in [3.63, 3.8) is 0 Å². The lowest BCUT2D eigenvalue weighted by molar-refractivity contribution is 1.44. The Balaban J connectivity index is 2.12. The Labute approximate surface area is 146 Å². The van der Waals surface area contributed by atoms with Gasteiger partial charge in [-0.25, -0.2) is 0 Å². The molecule has 0 radical (unpaired) electrons. The number of nitriles is 2. The summed E-state index contributed by atoms with van der Waals surface area (Å²) >= 11 is 1.65. The summed E-state index contributed by atoms with van der Waals surface area (Å²) in [7, 11) is 0. The van der Waals surface area contributed by atoms with E-state index < -0.39 is 0 Å². The van der Waals surface area contributed by atoms with Gasteiger partial charge < -0.3 is 0 Å². The summed E-state index contributed by atoms with van der Waals surface area (Å²) in [4.78, 5) is 2.07. The number of allylic oxidation sites excluding steroid dienone is 4. The summed E-state index contributed by atoms with van der Waals surface area (Å²) in [6, 6.07) is 22.3. The lowest BCUT2D eigenvalue weighted by atomic mass is 10.0. The van der Waals surface area contributed by atoms with Crippen molar-refractivity contribution < 1.29 is 0 Å². The molecule has 0 spiro atoms. The van der Waals surface area contributed by atoms with Crippen LogP contribution in [0.15, 0.2) is 77.9 Å². The molecule has 0 saturated carbocycles. The van der Waals surface area contributed by atoms with Crippen molar-refractivity contribution in [2.45, 2.75) is 6.92 Å². The molecule has 0 unspecified atom stereocenters. The predicted octanol–water partition coefficient (Wildman–Crippen LogP) is 5.47. The second-order valence-corrected chi connectivity index (χ2v) is 6.49. The van der Waals surface area contributed by atoms with Crippen LogP contribution in [0, 0.1) is 29.6 Å². The lowest BCUT2D eigenvalue weighted by Crippen LogP contribution is -1.93. The third-order valence-corrected chi connectivity index (χ3v) is 4.85. The van der Waals surface area contributed by atoms with E-state index in [1.807, 2.05) is 54.6 Å². The van der Waals surface area contributed by atoms with Crippen LogP contribution in [0.25, 0.3) is 9.81 Å². The van der Waals surface area contributed by atoms with E-state index in [4.69, 9.17) is 0 Å². The first-order valence-electron chi connectivity index (χ1n) is 7.49. The zero-order valence-electron chi connectivity index (χ0n) is 13.2. The number of benzene rings is 2. The van der Waals surface area contributed by atoms with Gasteiger partial charge in [-0.05, 0) is 30.2 Å². The molecule has 2 aromatic rings. The summed E-state index contributed by atoms with van der Waals surface area (Å²) in [5, 5.41) is 18.5. The van der Waals surface area contributed by atoms with Gasteiger partial charge in [-0.2, -0.15) is 10.5 Å².